The molecular formula is C23H30N2O7. The van der Waals surface area contributed by atoms with Crippen molar-refractivity contribution in [2.75, 3.05) is 46.7 Å². The lowest BCUT2D eigenvalue weighted by atomic mass is 9.92. The number of benzene rings is 1. The molecule has 32 heavy (non-hydrogen) atoms. The molecule has 0 saturated heterocycles. The summed E-state index contributed by atoms with van der Waals surface area (Å²) in [7, 11) is 1.56. The lowest BCUT2D eigenvalue weighted by molar-refractivity contribution is -0.151. The fraction of sp³-hybridized carbons (Fsp3) is 0.478. The molecular weight excluding hydrogens is 416 g/mol. The van der Waals surface area contributed by atoms with E-state index in [9.17, 15) is 9.59 Å². The molecule has 2 N–H and O–H groups in total. The van der Waals surface area contributed by atoms with Gasteiger partial charge in [-0.05, 0) is 17.7 Å². The van der Waals surface area contributed by atoms with Gasteiger partial charge in [-0.3, -0.25) is 14.2 Å². The fourth-order valence-corrected chi connectivity index (χ4v) is 3.66. The van der Waals surface area contributed by atoms with Crippen LogP contribution in [0.1, 0.15) is 29.6 Å². The van der Waals surface area contributed by atoms with E-state index in [4.69, 9.17) is 24.1 Å². The Hall–Kier alpha value is -2.72. The lowest BCUT2D eigenvalue weighted by Gasteiger charge is -2.29. The summed E-state index contributed by atoms with van der Waals surface area (Å²) in [5, 5.41) is 12.5. The smallest absolute Gasteiger partial charge is 0.286 e. The van der Waals surface area contributed by atoms with Crippen LogP contribution in [-0.4, -0.2) is 74.5 Å². The largest absolute Gasteiger partial charge is 0.459 e. The van der Waals surface area contributed by atoms with Crippen molar-refractivity contribution in [1.29, 1.82) is 0 Å². The Morgan fingerprint density at radius 2 is 2.03 bits per heavy atom. The third kappa shape index (κ3) is 5.95. The van der Waals surface area contributed by atoms with E-state index in [2.05, 4.69) is 5.32 Å². The topological polar surface area (TPSA) is 108 Å². The van der Waals surface area contributed by atoms with Crippen molar-refractivity contribution in [3.63, 3.8) is 0 Å². The van der Waals surface area contributed by atoms with Crippen molar-refractivity contribution >= 4 is 22.7 Å². The number of carbonyl (C=O) groups is 2. The van der Waals surface area contributed by atoms with Crippen LogP contribution in [0.4, 0.5) is 0 Å². The molecule has 0 spiro atoms. The first-order valence-corrected chi connectivity index (χ1v) is 10.6. The number of para-hydroxylation sites is 1. The highest BCUT2D eigenvalue weighted by Gasteiger charge is 2.30. The summed E-state index contributed by atoms with van der Waals surface area (Å²) in [6.45, 7) is 2.98. The number of methoxy groups -OCH3 is 1. The predicted molar refractivity (Wildman–Crippen MR) is 117 cm³/mol. The zero-order valence-corrected chi connectivity index (χ0v) is 18.4. The number of nitrogens with zero attached hydrogens (tertiary/aromatic N) is 1. The third-order valence-electron chi connectivity index (χ3n) is 5.12. The first-order chi connectivity index (χ1) is 15.5. The van der Waals surface area contributed by atoms with Gasteiger partial charge in [-0.2, -0.15) is 0 Å². The van der Waals surface area contributed by atoms with Crippen LogP contribution in [0.5, 0.6) is 0 Å². The van der Waals surface area contributed by atoms with Gasteiger partial charge in [-0.15, -0.1) is 0 Å². The molecule has 2 aromatic rings. The number of aliphatic hydroxyl groups is 1. The van der Waals surface area contributed by atoms with Crippen molar-refractivity contribution < 1.29 is 33.6 Å². The molecule has 1 aromatic heterocycles. The second-order valence-corrected chi connectivity index (χ2v) is 7.37. The van der Waals surface area contributed by atoms with Gasteiger partial charge in [0.05, 0.1) is 38.6 Å². The van der Waals surface area contributed by atoms with Gasteiger partial charge in [-0.25, -0.2) is 0 Å². The van der Waals surface area contributed by atoms with E-state index in [1.165, 1.54) is 6.92 Å². The van der Waals surface area contributed by atoms with Crippen LogP contribution in [0.3, 0.4) is 0 Å². The molecule has 0 radical (unpaired) electrons. The number of amides is 1. The number of aliphatic hydroxyl groups excluding tert-OH is 1. The Bertz CT molecular complexity index is 953. The van der Waals surface area contributed by atoms with Crippen LogP contribution in [0, 0.1) is 0 Å². The second-order valence-electron chi connectivity index (χ2n) is 7.37. The van der Waals surface area contributed by atoms with E-state index in [1.54, 1.807) is 17.8 Å². The van der Waals surface area contributed by atoms with E-state index < -0.39 is 6.29 Å². The summed E-state index contributed by atoms with van der Waals surface area (Å²) < 4.78 is 23.4. The molecule has 1 aromatic carbocycles. The molecule has 9 heteroatoms. The Balaban J connectivity index is 1.85. The van der Waals surface area contributed by atoms with Gasteiger partial charge in [0, 0.05) is 44.5 Å². The Labute approximate surface area is 186 Å². The number of ether oxygens (including phenoxy) is 4. The van der Waals surface area contributed by atoms with E-state index >= 15 is 0 Å². The summed E-state index contributed by atoms with van der Waals surface area (Å²) in [4.78, 5) is 24.8. The van der Waals surface area contributed by atoms with Gasteiger partial charge in [-0.1, -0.05) is 18.2 Å². The molecule has 2 unspecified atom stereocenters. The molecule has 3 rings (SSSR count). The summed E-state index contributed by atoms with van der Waals surface area (Å²) in [6.07, 6.45) is 3.41. The average molecular weight is 447 g/mol. The summed E-state index contributed by atoms with van der Waals surface area (Å²) in [5.74, 6) is -0.471. The van der Waals surface area contributed by atoms with Gasteiger partial charge in [0.1, 0.15) is 0 Å². The Morgan fingerprint density at radius 1 is 1.22 bits per heavy atom. The SMILES string of the molecule is COCCNC(=O)C1=CC(c2cn(C(C)=O)c3ccccc23)CC(OCCOCCO)O1. The highest BCUT2D eigenvalue weighted by Crippen LogP contribution is 2.36. The summed E-state index contributed by atoms with van der Waals surface area (Å²) in [6, 6.07) is 7.67. The van der Waals surface area contributed by atoms with Crippen molar-refractivity contribution in [3.05, 3.63) is 47.9 Å². The van der Waals surface area contributed by atoms with E-state index in [0.717, 1.165) is 16.5 Å². The van der Waals surface area contributed by atoms with Crippen LogP contribution in [0.15, 0.2) is 42.3 Å². The quantitative estimate of drug-likeness (QED) is 0.507. The lowest BCUT2D eigenvalue weighted by Crippen LogP contribution is -2.34. The second kappa shape index (κ2) is 11.8. The van der Waals surface area contributed by atoms with Gasteiger partial charge in [0.2, 0.25) is 12.2 Å². The van der Waals surface area contributed by atoms with E-state index in [-0.39, 0.29) is 43.3 Å². The maximum Gasteiger partial charge on any atom is 0.286 e. The maximum absolute atomic E-state index is 12.7. The van der Waals surface area contributed by atoms with Crippen LogP contribution < -0.4 is 5.32 Å². The molecule has 2 atom stereocenters. The molecule has 9 nitrogen and oxygen atoms in total. The first-order valence-electron chi connectivity index (χ1n) is 10.6. The van der Waals surface area contributed by atoms with Crippen LogP contribution in [0.25, 0.3) is 10.9 Å². The minimum absolute atomic E-state index is 0.0588. The zero-order valence-electron chi connectivity index (χ0n) is 18.4. The minimum atomic E-state index is -0.662. The number of allylic oxidation sites excluding steroid dienone is 1. The molecule has 174 valence electrons. The van der Waals surface area contributed by atoms with Gasteiger partial charge >= 0.3 is 0 Å². The number of hydrogen-bond donors (Lipinski definition) is 2. The summed E-state index contributed by atoms with van der Waals surface area (Å²) in [5.41, 5.74) is 1.74. The van der Waals surface area contributed by atoms with Gasteiger partial charge in [0.15, 0.2) is 5.76 Å². The number of aromatic nitrogens is 1. The van der Waals surface area contributed by atoms with Crippen molar-refractivity contribution in [3.8, 4) is 0 Å². The number of carbonyl (C=O) groups excluding carboxylic acids is 2. The van der Waals surface area contributed by atoms with E-state index in [0.29, 0.717) is 26.2 Å². The predicted octanol–water partition coefficient (Wildman–Crippen LogP) is 1.80. The number of rotatable bonds is 11. The minimum Gasteiger partial charge on any atom is -0.459 e. The van der Waals surface area contributed by atoms with Gasteiger partial charge < -0.3 is 29.4 Å². The van der Waals surface area contributed by atoms with Crippen molar-refractivity contribution in [2.24, 2.45) is 0 Å². The normalized spacial score (nSPS) is 18.3. The Morgan fingerprint density at radius 3 is 2.78 bits per heavy atom. The third-order valence-corrected chi connectivity index (χ3v) is 5.12. The van der Waals surface area contributed by atoms with Crippen LogP contribution in [0.2, 0.25) is 0 Å². The van der Waals surface area contributed by atoms with Crippen molar-refractivity contribution in [1.82, 2.24) is 9.88 Å². The molecule has 1 aliphatic heterocycles. The zero-order chi connectivity index (χ0) is 22.9. The number of nitrogens with one attached hydrogen (secondary N) is 1. The maximum atomic E-state index is 12.7. The standard InChI is InChI=1S/C23H30N2O7/c1-16(27)25-15-19(18-5-3-4-6-20(18)25)17-13-21(23(28)24-7-9-29-2)32-22(14-17)31-12-11-30-10-8-26/h3-6,13,15,17,22,26H,7-12,14H2,1-2H3,(H,24,28). The highest BCUT2D eigenvalue weighted by molar-refractivity contribution is 5.95. The molecule has 0 bridgehead atoms. The number of fused-ring (bicyclic) bond motifs is 1. The van der Waals surface area contributed by atoms with E-state index in [1.807, 2.05) is 30.5 Å². The average Bonchev–Trinajstić information content (AvgIpc) is 3.19. The Kier molecular flexibility index (Phi) is 8.81. The molecule has 1 aliphatic rings. The van der Waals surface area contributed by atoms with Crippen molar-refractivity contribution in [2.45, 2.75) is 25.6 Å². The highest BCUT2D eigenvalue weighted by atomic mass is 16.7. The van der Waals surface area contributed by atoms with Gasteiger partial charge in [0.25, 0.3) is 5.91 Å². The fourth-order valence-electron chi connectivity index (χ4n) is 3.66. The molecule has 0 saturated carbocycles. The molecule has 0 fully saturated rings. The number of hydrogen-bond acceptors (Lipinski definition) is 7. The van der Waals surface area contributed by atoms with Crippen LogP contribution >= 0.6 is 0 Å². The molecule has 0 aliphatic carbocycles. The summed E-state index contributed by atoms with van der Waals surface area (Å²) >= 11 is 0. The van der Waals surface area contributed by atoms with Crippen LogP contribution in [-0.2, 0) is 23.7 Å². The molecule has 1 amide bonds. The molecule has 2 heterocycles. The monoisotopic (exact) mass is 446 g/mol. The first kappa shape index (κ1) is 23.9.